The third-order valence-corrected chi connectivity index (χ3v) is 12.9. The van der Waals surface area contributed by atoms with E-state index in [1.807, 2.05) is 0 Å². The zero-order valence-electron chi connectivity index (χ0n) is 25.6. The number of amides is 2. The molecule has 0 aliphatic carbocycles. The molecule has 0 fully saturated rings. The van der Waals surface area contributed by atoms with Crippen molar-refractivity contribution < 1.29 is 44.1 Å². The Morgan fingerprint density at radius 3 is 1.85 bits per heavy atom. The van der Waals surface area contributed by atoms with Gasteiger partial charge in [-0.1, -0.05) is 11.8 Å². The molecule has 0 aliphatic heterocycles. The molecular formula is C24H46N4O9S9. The minimum absolute atomic E-state index is 0.0133. The number of nitrogens with zero attached hydrogens (tertiary/aromatic N) is 2. The lowest BCUT2D eigenvalue weighted by atomic mass is 10.8. The molecule has 0 saturated heterocycles. The number of thioether (sulfide) groups is 9. The summed E-state index contributed by atoms with van der Waals surface area (Å²) in [5.41, 5.74) is 0. The van der Waals surface area contributed by atoms with E-state index in [2.05, 4.69) is 20.6 Å². The lowest BCUT2D eigenvalue weighted by molar-refractivity contribution is -0.210. The van der Waals surface area contributed by atoms with Gasteiger partial charge >= 0.3 is 6.09 Å². The third kappa shape index (κ3) is 40.8. The van der Waals surface area contributed by atoms with Gasteiger partial charge in [-0.3, -0.25) is 4.79 Å². The highest BCUT2D eigenvalue weighted by molar-refractivity contribution is 8.24. The predicted octanol–water partition coefficient (Wildman–Crippen LogP) is 4.70. The van der Waals surface area contributed by atoms with Crippen LogP contribution in [-0.4, -0.2) is 153 Å². The molecule has 46 heavy (non-hydrogen) atoms. The molecule has 0 atom stereocenters. The van der Waals surface area contributed by atoms with Crippen LogP contribution < -0.4 is 10.6 Å². The Labute approximate surface area is 310 Å². The van der Waals surface area contributed by atoms with E-state index in [4.69, 9.17) is 34.5 Å². The highest BCUT2D eigenvalue weighted by Gasteiger charge is 2.02. The van der Waals surface area contributed by atoms with E-state index in [-0.39, 0.29) is 18.5 Å². The summed E-state index contributed by atoms with van der Waals surface area (Å²) in [4.78, 5) is 51.3. The number of carbonyl (C=O) groups excluding carboxylic acids is 2. The smallest absolute Gasteiger partial charge is 0.407 e. The Morgan fingerprint density at radius 2 is 1.17 bits per heavy atom. The van der Waals surface area contributed by atoms with Crippen LogP contribution in [0.1, 0.15) is 0 Å². The zero-order chi connectivity index (χ0) is 33.4. The van der Waals surface area contributed by atoms with Crippen molar-refractivity contribution in [1.29, 1.82) is 0 Å². The molecule has 4 N–H and O–H groups in total. The molecule has 0 heterocycles. The van der Waals surface area contributed by atoms with Gasteiger partial charge in [0, 0.05) is 62.6 Å². The van der Waals surface area contributed by atoms with Gasteiger partial charge in [0.2, 0.25) is 12.8 Å². The number of aliphatic hydroxyl groups excluding tert-OH is 2. The van der Waals surface area contributed by atoms with Crippen LogP contribution in [0, 0.1) is 0 Å². The summed E-state index contributed by atoms with van der Waals surface area (Å²) in [6.45, 7) is 1.09. The summed E-state index contributed by atoms with van der Waals surface area (Å²) in [6, 6.07) is 0. The fourth-order valence-electron chi connectivity index (χ4n) is 2.18. The minimum Gasteiger partial charge on any atom is -0.449 e. The molecule has 0 saturated carbocycles. The lowest BCUT2D eigenvalue weighted by Gasteiger charge is -2.06. The van der Waals surface area contributed by atoms with Crippen LogP contribution in [0.4, 0.5) is 9.59 Å². The maximum absolute atomic E-state index is 11.9. The van der Waals surface area contributed by atoms with Crippen molar-refractivity contribution in [1.82, 2.24) is 10.6 Å². The van der Waals surface area contributed by atoms with E-state index in [0.29, 0.717) is 65.0 Å². The first-order chi connectivity index (χ1) is 22.7. The van der Waals surface area contributed by atoms with Crippen molar-refractivity contribution in [2.75, 3.05) is 118 Å². The number of aliphatic imine (C=N–C) groups is 2. The number of hydrogen-bond donors (Lipinski definition) is 4. The van der Waals surface area contributed by atoms with Crippen molar-refractivity contribution in [3.8, 4) is 0 Å². The van der Waals surface area contributed by atoms with Crippen molar-refractivity contribution in [2.24, 2.45) is 9.98 Å². The second-order valence-electron chi connectivity index (χ2n) is 7.53. The van der Waals surface area contributed by atoms with E-state index in [0.717, 1.165) is 40.3 Å². The topological polar surface area (TPSA) is 170 Å². The lowest BCUT2D eigenvalue weighted by Crippen LogP contribution is -2.25. The van der Waals surface area contributed by atoms with Crippen LogP contribution in [0.5, 0.6) is 0 Å². The molecule has 0 unspecified atom stereocenters. The molecule has 0 rings (SSSR count). The molecule has 0 aromatic heterocycles. The van der Waals surface area contributed by atoms with E-state index >= 15 is 0 Å². The average molecular weight is 823 g/mol. The maximum Gasteiger partial charge on any atom is 0.407 e. The molecule has 0 aromatic rings. The first-order valence-electron chi connectivity index (χ1n) is 13.9. The maximum atomic E-state index is 11.9. The molecular weight excluding hydrogens is 777 g/mol. The summed E-state index contributed by atoms with van der Waals surface area (Å²) in [5.74, 6) is 10.8. The quantitative estimate of drug-likeness (QED) is 0.0173. The van der Waals surface area contributed by atoms with Crippen LogP contribution in [0.15, 0.2) is 9.98 Å². The molecule has 0 aromatic carbocycles. The fraction of sp³-hybridized carbons (Fsp3) is 0.833. The first kappa shape index (κ1) is 46.7. The summed E-state index contributed by atoms with van der Waals surface area (Å²) >= 11 is 14.3. The molecule has 0 aliphatic rings. The second kappa shape index (κ2) is 41.8. The highest BCUT2D eigenvalue weighted by Crippen LogP contribution is 2.15. The van der Waals surface area contributed by atoms with Crippen LogP contribution in [-0.2, 0) is 24.3 Å². The molecule has 22 heteroatoms. The molecule has 0 spiro atoms. The van der Waals surface area contributed by atoms with Gasteiger partial charge < -0.3 is 35.4 Å². The van der Waals surface area contributed by atoms with Crippen LogP contribution in [0.3, 0.4) is 0 Å². The Balaban J connectivity index is 3.27. The summed E-state index contributed by atoms with van der Waals surface area (Å²) in [6.07, 6.45) is 2.17. The van der Waals surface area contributed by atoms with Gasteiger partial charge in [-0.2, -0.15) is 33.3 Å². The SMILES string of the molecule is O=C(NCSCCSC/N=C\OOCSCCSCSC(=O)NCSCCSC/N=C/OOCCSCCO)OCCSCCO. The number of rotatable bonds is 35. The molecule has 0 bridgehead atoms. The molecule has 13 nitrogen and oxygen atoms in total. The van der Waals surface area contributed by atoms with Crippen molar-refractivity contribution in [3.05, 3.63) is 0 Å². The second-order valence-corrected chi connectivity index (χ2v) is 17.8. The average Bonchev–Trinajstić information content (AvgIpc) is 3.05. The number of ether oxygens (including phenoxy) is 1. The van der Waals surface area contributed by atoms with Gasteiger partial charge in [0.05, 0.1) is 36.7 Å². The molecule has 270 valence electrons. The Hall–Kier alpha value is 0.670. The van der Waals surface area contributed by atoms with Crippen LogP contribution in [0.2, 0.25) is 0 Å². The Morgan fingerprint density at radius 1 is 0.609 bits per heavy atom. The molecule has 0 radical (unpaired) electrons. The monoisotopic (exact) mass is 822 g/mol. The van der Waals surface area contributed by atoms with Gasteiger partial charge in [-0.25, -0.2) is 14.8 Å². The van der Waals surface area contributed by atoms with Gasteiger partial charge in [0.1, 0.15) is 19.2 Å². The van der Waals surface area contributed by atoms with E-state index in [9.17, 15) is 9.59 Å². The normalized spacial score (nSPS) is 11.3. The third-order valence-electron chi connectivity index (χ3n) is 4.10. The standard InChI is InChI=1S/C24H46N4O9S9/c29-1-5-38-7-3-33-23(31)27-19-42-11-9-40-18-26-16-36-37-21-44-13-14-45-22-46-24(32)28-20-43-12-10-41-17-25-15-35-34-4-8-39-6-2-30/h15-16,29-30H,1-14,17-22H2,(H,27,31)(H,28,32)/b25-15+,26-16-. The Bertz CT molecular complexity index is 743. The van der Waals surface area contributed by atoms with E-state index in [1.54, 1.807) is 82.3 Å². The fourth-order valence-corrected chi connectivity index (χ4v) is 9.13. The highest BCUT2D eigenvalue weighted by atomic mass is 32.2. The van der Waals surface area contributed by atoms with E-state index in [1.165, 1.54) is 36.3 Å². The van der Waals surface area contributed by atoms with Crippen LogP contribution in [0.25, 0.3) is 0 Å². The van der Waals surface area contributed by atoms with Crippen molar-refractivity contribution in [3.63, 3.8) is 0 Å². The number of nitrogens with one attached hydrogen (secondary N) is 2. The summed E-state index contributed by atoms with van der Waals surface area (Å²) in [5, 5.41) is 23.6. The minimum atomic E-state index is -0.421. The molecule has 2 amide bonds. The van der Waals surface area contributed by atoms with Gasteiger partial charge in [-0.05, 0) is 0 Å². The van der Waals surface area contributed by atoms with Crippen molar-refractivity contribution in [2.45, 2.75) is 0 Å². The van der Waals surface area contributed by atoms with Crippen LogP contribution >= 0.6 is 106 Å². The number of aliphatic hydroxyl groups is 2. The first-order valence-corrected chi connectivity index (χ1v) is 24.1. The zero-order valence-corrected chi connectivity index (χ0v) is 33.0. The summed E-state index contributed by atoms with van der Waals surface area (Å²) in [7, 11) is 0. The van der Waals surface area contributed by atoms with Gasteiger partial charge in [0.15, 0.2) is 0 Å². The largest absolute Gasteiger partial charge is 0.449 e. The van der Waals surface area contributed by atoms with Gasteiger partial charge in [-0.15, -0.1) is 70.6 Å². The predicted molar refractivity (Wildman–Crippen MR) is 210 cm³/mol. The number of alkyl carbamates (subject to hydrolysis) is 1. The van der Waals surface area contributed by atoms with E-state index < -0.39 is 6.09 Å². The number of hydrogen-bond acceptors (Lipinski definition) is 20. The summed E-state index contributed by atoms with van der Waals surface area (Å²) < 4.78 is 5.02. The Kier molecular flexibility index (Phi) is 42.4. The van der Waals surface area contributed by atoms with Crippen molar-refractivity contribution >= 4 is 130 Å². The number of carbonyl (C=O) groups is 2. The van der Waals surface area contributed by atoms with Gasteiger partial charge in [0.25, 0.3) is 5.24 Å².